The zero-order chi connectivity index (χ0) is 22.0. The molecule has 2 aromatic carbocycles. The Morgan fingerprint density at radius 2 is 2.03 bits per heavy atom. The number of likely N-dealkylation sites (tertiary alicyclic amines) is 1. The average Bonchev–Trinajstić information content (AvgIpc) is 3.19. The van der Waals surface area contributed by atoms with Crippen molar-refractivity contribution in [1.29, 1.82) is 0 Å². The maximum atomic E-state index is 12.6. The lowest BCUT2D eigenvalue weighted by atomic mass is 9.97. The Bertz CT molecular complexity index is 976. The first-order valence-electron chi connectivity index (χ1n) is 10.6. The van der Waals surface area contributed by atoms with Crippen LogP contribution >= 0.6 is 11.6 Å². The van der Waals surface area contributed by atoms with Gasteiger partial charge in [0.2, 0.25) is 5.91 Å². The van der Waals surface area contributed by atoms with Gasteiger partial charge >= 0.3 is 5.97 Å². The second kappa shape index (κ2) is 9.28. The van der Waals surface area contributed by atoms with Gasteiger partial charge in [-0.05, 0) is 56.3 Å². The van der Waals surface area contributed by atoms with E-state index in [1.807, 2.05) is 24.3 Å². The number of hydrogen-bond acceptors (Lipinski definition) is 5. The normalized spacial score (nSPS) is 20.6. The van der Waals surface area contributed by atoms with Crippen molar-refractivity contribution in [3.63, 3.8) is 0 Å². The summed E-state index contributed by atoms with van der Waals surface area (Å²) in [5, 5.41) is 3.70. The number of nitrogens with one attached hydrogen (secondary N) is 1. The lowest BCUT2D eigenvalue weighted by Crippen LogP contribution is -2.44. The Balaban J connectivity index is 1.45. The van der Waals surface area contributed by atoms with Crippen molar-refractivity contribution in [3.8, 4) is 16.9 Å². The van der Waals surface area contributed by atoms with Gasteiger partial charge in [0, 0.05) is 29.1 Å². The molecule has 0 saturated carbocycles. The van der Waals surface area contributed by atoms with E-state index < -0.39 is 0 Å². The monoisotopic (exact) mass is 442 g/mol. The largest absolute Gasteiger partial charge is 0.487 e. The second-order valence-electron chi connectivity index (χ2n) is 8.30. The molecule has 0 unspecified atom stereocenters. The molecule has 7 heteroatoms. The standard InChI is InChI=1S/C24H27ClN2O4/c1-27-9-3-4-17(14-27)23(28)26-13-20-11-18-10-19(25)12-21(22(18)31-20)15-5-7-16(8-6-15)24(29)30-2/h5-8,10,12,17,20H,3-4,9,11,13-14H2,1-2H3,(H,26,28)/t17-,20-/m1/s1. The molecular weight excluding hydrogens is 416 g/mol. The van der Waals surface area contributed by atoms with E-state index in [-0.39, 0.29) is 23.9 Å². The van der Waals surface area contributed by atoms with Crippen molar-refractivity contribution in [1.82, 2.24) is 10.2 Å². The summed E-state index contributed by atoms with van der Waals surface area (Å²) < 4.78 is 11.0. The molecule has 0 bridgehead atoms. The number of esters is 1. The molecule has 1 N–H and O–H groups in total. The van der Waals surface area contributed by atoms with Gasteiger partial charge in [-0.1, -0.05) is 23.7 Å². The van der Waals surface area contributed by atoms with Crippen LogP contribution in [-0.4, -0.2) is 56.7 Å². The van der Waals surface area contributed by atoms with Gasteiger partial charge in [0.25, 0.3) is 0 Å². The summed E-state index contributed by atoms with van der Waals surface area (Å²) in [5.41, 5.74) is 3.29. The fourth-order valence-corrected chi connectivity index (χ4v) is 4.61. The van der Waals surface area contributed by atoms with E-state index >= 15 is 0 Å². The lowest BCUT2D eigenvalue weighted by molar-refractivity contribution is -0.126. The van der Waals surface area contributed by atoms with Gasteiger partial charge in [0.05, 0.1) is 25.1 Å². The Hall–Kier alpha value is -2.57. The third-order valence-corrected chi connectivity index (χ3v) is 6.20. The Kier molecular flexibility index (Phi) is 6.49. The van der Waals surface area contributed by atoms with Crippen LogP contribution < -0.4 is 10.1 Å². The van der Waals surface area contributed by atoms with Crippen LogP contribution in [0.25, 0.3) is 11.1 Å². The molecule has 2 aliphatic rings. The second-order valence-corrected chi connectivity index (χ2v) is 8.74. The molecule has 0 aromatic heterocycles. The highest BCUT2D eigenvalue weighted by Crippen LogP contribution is 2.41. The van der Waals surface area contributed by atoms with Crippen molar-refractivity contribution in [3.05, 3.63) is 52.5 Å². The minimum atomic E-state index is -0.376. The Labute approximate surface area is 187 Å². The van der Waals surface area contributed by atoms with E-state index in [4.69, 9.17) is 21.1 Å². The molecule has 31 heavy (non-hydrogen) atoms. The summed E-state index contributed by atoms with van der Waals surface area (Å²) in [6, 6.07) is 10.9. The molecule has 2 aliphatic heterocycles. The number of fused-ring (bicyclic) bond motifs is 1. The quantitative estimate of drug-likeness (QED) is 0.717. The minimum absolute atomic E-state index is 0.0425. The van der Waals surface area contributed by atoms with Crippen LogP contribution in [0.4, 0.5) is 0 Å². The lowest BCUT2D eigenvalue weighted by Gasteiger charge is -2.29. The molecule has 164 valence electrons. The van der Waals surface area contributed by atoms with Gasteiger partial charge < -0.3 is 19.7 Å². The SMILES string of the molecule is COC(=O)c1ccc(-c2cc(Cl)cc3c2O[C@@H](CNC(=O)[C@@H]2CCCN(C)C2)C3)cc1. The summed E-state index contributed by atoms with van der Waals surface area (Å²) in [6.07, 6.45) is 2.54. The van der Waals surface area contributed by atoms with Crippen molar-refractivity contribution < 1.29 is 19.1 Å². The average molecular weight is 443 g/mol. The number of nitrogens with zero attached hydrogens (tertiary/aromatic N) is 1. The van der Waals surface area contributed by atoms with Gasteiger partial charge in [-0.15, -0.1) is 0 Å². The molecule has 4 rings (SSSR count). The predicted octanol–water partition coefficient (Wildman–Crippen LogP) is 3.56. The molecular formula is C24H27ClN2O4. The van der Waals surface area contributed by atoms with E-state index in [0.717, 1.165) is 48.4 Å². The fourth-order valence-electron chi connectivity index (χ4n) is 4.37. The summed E-state index contributed by atoms with van der Waals surface area (Å²) in [5.74, 6) is 0.551. The van der Waals surface area contributed by atoms with E-state index in [1.165, 1.54) is 7.11 Å². The predicted molar refractivity (Wildman–Crippen MR) is 120 cm³/mol. The van der Waals surface area contributed by atoms with E-state index in [2.05, 4.69) is 17.3 Å². The maximum absolute atomic E-state index is 12.6. The molecule has 0 radical (unpaired) electrons. The highest BCUT2D eigenvalue weighted by atomic mass is 35.5. The Morgan fingerprint density at radius 1 is 1.26 bits per heavy atom. The summed E-state index contributed by atoms with van der Waals surface area (Å²) in [7, 11) is 3.42. The van der Waals surface area contributed by atoms with Crippen molar-refractivity contribution in [2.45, 2.75) is 25.4 Å². The topological polar surface area (TPSA) is 67.9 Å². The van der Waals surface area contributed by atoms with Crippen LogP contribution in [-0.2, 0) is 16.0 Å². The maximum Gasteiger partial charge on any atom is 0.337 e. The number of rotatable bonds is 5. The number of benzene rings is 2. The van der Waals surface area contributed by atoms with Gasteiger partial charge in [-0.25, -0.2) is 4.79 Å². The molecule has 6 nitrogen and oxygen atoms in total. The van der Waals surface area contributed by atoms with Crippen LogP contribution in [0.15, 0.2) is 36.4 Å². The highest BCUT2D eigenvalue weighted by Gasteiger charge is 2.29. The van der Waals surface area contributed by atoms with Crippen LogP contribution in [0.3, 0.4) is 0 Å². The number of carbonyl (C=O) groups excluding carboxylic acids is 2. The van der Waals surface area contributed by atoms with Crippen molar-refractivity contribution in [2.75, 3.05) is 33.8 Å². The molecule has 2 atom stereocenters. The van der Waals surface area contributed by atoms with E-state index in [0.29, 0.717) is 23.6 Å². The third kappa shape index (κ3) is 4.86. The fraction of sp³-hybridized carbons (Fsp3) is 0.417. The smallest absolute Gasteiger partial charge is 0.337 e. The Morgan fingerprint density at radius 3 is 2.74 bits per heavy atom. The molecule has 2 heterocycles. The van der Waals surface area contributed by atoms with Gasteiger partial charge in [-0.3, -0.25) is 4.79 Å². The number of ether oxygens (including phenoxy) is 2. The first-order valence-corrected chi connectivity index (χ1v) is 11.0. The molecule has 1 fully saturated rings. The highest BCUT2D eigenvalue weighted by molar-refractivity contribution is 6.31. The van der Waals surface area contributed by atoms with Gasteiger partial charge in [0.15, 0.2) is 0 Å². The first-order chi connectivity index (χ1) is 14.9. The van der Waals surface area contributed by atoms with E-state index in [9.17, 15) is 9.59 Å². The van der Waals surface area contributed by atoms with Crippen LogP contribution in [0.1, 0.15) is 28.8 Å². The number of hydrogen-bond donors (Lipinski definition) is 1. The summed E-state index contributed by atoms with van der Waals surface area (Å²) in [6.45, 7) is 2.32. The molecule has 0 spiro atoms. The van der Waals surface area contributed by atoms with E-state index in [1.54, 1.807) is 12.1 Å². The number of halogens is 1. The van der Waals surface area contributed by atoms with Crippen molar-refractivity contribution >= 4 is 23.5 Å². The van der Waals surface area contributed by atoms with Gasteiger partial charge in [0.1, 0.15) is 11.9 Å². The minimum Gasteiger partial charge on any atom is -0.487 e. The molecule has 2 aromatic rings. The van der Waals surface area contributed by atoms with Crippen molar-refractivity contribution in [2.24, 2.45) is 5.92 Å². The summed E-state index contributed by atoms with van der Waals surface area (Å²) in [4.78, 5) is 26.5. The van der Waals surface area contributed by atoms with Crippen LogP contribution in [0.5, 0.6) is 5.75 Å². The molecule has 1 saturated heterocycles. The first kappa shape index (κ1) is 21.7. The summed E-state index contributed by atoms with van der Waals surface area (Å²) >= 11 is 6.37. The molecule has 0 aliphatic carbocycles. The zero-order valence-electron chi connectivity index (χ0n) is 17.8. The van der Waals surface area contributed by atoms with Crippen LogP contribution in [0, 0.1) is 5.92 Å². The van der Waals surface area contributed by atoms with Crippen LogP contribution in [0.2, 0.25) is 5.02 Å². The number of piperidine rings is 1. The molecule has 1 amide bonds. The number of amides is 1. The number of methoxy groups -OCH3 is 1. The zero-order valence-corrected chi connectivity index (χ0v) is 18.6. The van der Waals surface area contributed by atoms with Gasteiger partial charge in [-0.2, -0.15) is 0 Å². The third-order valence-electron chi connectivity index (χ3n) is 5.98. The number of carbonyl (C=O) groups is 2.